The van der Waals surface area contributed by atoms with Gasteiger partial charge < -0.3 is 10.6 Å². The molecule has 4 heteroatoms. The molecule has 0 aliphatic rings. The van der Waals surface area contributed by atoms with E-state index in [4.69, 9.17) is 0 Å². The van der Waals surface area contributed by atoms with E-state index in [0.29, 0.717) is 5.95 Å². The summed E-state index contributed by atoms with van der Waals surface area (Å²) in [4.78, 5) is 8.53. The van der Waals surface area contributed by atoms with Gasteiger partial charge in [0.1, 0.15) is 5.82 Å². The van der Waals surface area contributed by atoms with Crippen LogP contribution in [0, 0.1) is 0 Å². The van der Waals surface area contributed by atoms with Gasteiger partial charge in [-0.15, -0.1) is 0 Å². The third-order valence-corrected chi connectivity index (χ3v) is 2.28. The summed E-state index contributed by atoms with van der Waals surface area (Å²) in [5.41, 5.74) is 0. The van der Waals surface area contributed by atoms with Gasteiger partial charge in [-0.25, -0.2) is 4.98 Å². The molecule has 0 aromatic carbocycles. The average molecular weight is 222 g/mol. The molecule has 0 bridgehead atoms. The summed E-state index contributed by atoms with van der Waals surface area (Å²) in [5.74, 6) is 1.62. The summed E-state index contributed by atoms with van der Waals surface area (Å²) in [6.45, 7) is 6.23. The Morgan fingerprint density at radius 2 is 1.94 bits per heavy atom. The number of unbranched alkanes of at least 4 members (excludes halogenated alkanes) is 2. The van der Waals surface area contributed by atoms with Crippen LogP contribution in [-0.4, -0.2) is 23.1 Å². The fourth-order valence-corrected chi connectivity index (χ4v) is 1.37. The van der Waals surface area contributed by atoms with Crippen molar-refractivity contribution in [1.82, 2.24) is 9.97 Å². The Kier molecular flexibility index (Phi) is 6.30. The van der Waals surface area contributed by atoms with Crippen LogP contribution in [0.5, 0.6) is 0 Å². The largest absolute Gasteiger partial charge is 0.370 e. The molecular formula is C12H22N4. The molecular weight excluding hydrogens is 200 g/mol. The van der Waals surface area contributed by atoms with E-state index in [1.165, 1.54) is 19.3 Å². The minimum Gasteiger partial charge on any atom is -0.370 e. The SMILES string of the molecule is CCCCCNc1ccnc(NCCC)n1. The third kappa shape index (κ3) is 4.96. The Hall–Kier alpha value is -1.32. The van der Waals surface area contributed by atoms with E-state index in [1.54, 1.807) is 6.20 Å². The Labute approximate surface area is 97.9 Å². The van der Waals surface area contributed by atoms with E-state index >= 15 is 0 Å². The smallest absolute Gasteiger partial charge is 0.224 e. The molecule has 0 amide bonds. The highest BCUT2D eigenvalue weighted by atomic mass is 15.1. The lowest BCUT2D eigenvalue weighted by atomic mass is 10.2. The van der Waals surface area contributed by atoms with Crippen LogP contribution >= 0.6 is 0 Å². The molecule has 1 aromatic rings. The Bertz CT molecular complexity index is 288. The van der Waals surface area contributed by atoms with Crippen LogP contribution in [0.4, 0.5) is 11.8 Å². The predicted molar refractivity (Wildman–Crippen MR) is 68.8 cm³/mol. The van der Waals surface area contributed by atoms with Crippen molar-refractivity contribution in [2.45, 2.75) is 39.5 Å². The highest BCUT2D eigenvalue weighted by molar-refractivity contribution is 5.39. The molecule has 1 rings (SSSR count). The molecule has 1 heterocycles. The number of rotatable bonds is 8. The lowest BCUT2D eigenvalue weighted by molar-refractivity contribution is 0.742. The van der Waals surface area contributed by atoms with Gasteiger partial charge in [-0.2, -0.15) is 4.98 Å². The van der Waals surface area contributed by atoms with Crippen LogP contribution < -0.4 is 10.6 Å². The van der Waals surface area contributed by atoms with Crippen molar-refractivity contribution in [2.24, 2.45) is 0 Å². The normalized spacial score (nSPS) is 10.1. The molecule has 2 N–H and O–H groups in total. The second-order valence-corrected chi connectivity index (χ2v) is 3.83. The standard InChI is InChI=1S/C12H22N4/c1-3-5-6-9-13-11-7-10-15-12(16-11)14-8-4-2/h7,10H,3-6,8-9H2,1-2H3,(H2,13,14,15,16). The van der Waals surface area contributed by atoms with Crippen molar-refractivity contribution in [3.8, 4) is 0 Å². The Morgan fingerprint density at radius 1 is 1.06 bits per heavy atom. The first-order valence-electron chi connectivity index (χ1n) is 6.17. The van der Waals surface area contributed by atoms with Crippen molar-refractivity contribution < 1.29 is 0 Å². The molecule has 4 nitrogen and oxygen atoms in total. The zero-order valence-corrected chi connectivity index (χ0v) is 10.3. The molecule has 0 saturated carbocycles. The number of aromatic nitrogens is 2. The van der Waals surface area contributed by atoms with Crippen LogP contribution in [0.3, 0.4) is 0 Å². The van der Waals surface area contributed by atoms with Gasteiger partial charge in [0.15, 0.2) is 0 Å². The molecule has 0 saturated heterocycles. The van der Waals surface area contributed by atoms with Gasteiger partial charge in [-0.05, 0) is 18.9 Å². The van der Waals surface area contributed by atoms with Crippen molar-refractivity contribution in [3.63, 3.8) is 0 Å². The third-order valence-electron chi connectivity index (χ3n) is 2.28. The van der Waals surface area contributed by atoms with Crippen molar-refractivity contribution >= 4 is 11.8 Å². The lowest BCUT2D eigenvalue weighted by Gasteiger charge is -2.07. The second-order valence-electron chi connectivity index (χ2n) is 3.83. The molecule has 90 valence electrons. The van der Waals surface area contributed by atoms with E-state index in [2.05, 4.69) is 34.4 Å². The number of hydrogen-bond acceptors (Lipinski definition) is 4. The zero-order valence-electron chi connectivity index (χ0n) is 10.3. The zero-order chi connectivity index (χ0) is 11.6. The summed E-state index contributed by atoms with van der Waals surface area (Å²) < 4.78 is 0. The molecule has 0 unspecified atom stereocenters. The van der Waals surface area contributed by atoms with Gasteiger partial charge in [-0.1, -0.05) is 26.7 Å². The van der Waals surface area contributed by atoms with Crippen molar-refractivity contribution in [3.05, 3.63) is 12.3 Å². The predicted octanol–water partition coefficient (Wildman–Crippen LogP) is 2.90. The van der Waals surface area contributed by atoms with Crippen LogP contribution in [0.2, 0.25) is 0 Å². The Morgan fingerprint density at radius 3 is 2.69 bits per heavy atom. The average Bonchev–Trinajstić information content (AvgIpc) is 2.33. The molecule has 16 heavy (non-hydrogen) atoms. The highest BCUT2D eigenvalue weighted by Crippen LogP contribution is 2.06. The van der Waals surface area contributed by atoms with Crippen molar-refractivity contribution in [2.75, 3.05) is 23.7 Å². The van der Waals surface area contributed by atoms with Gasteiger partial charge in [0.25, 0.3) is 0 Å². The van der Waals surface area contributed by atoms with Gasteiger partial charge >= 0.3 is 0 Å². The monoisotopic (exact) mass is 222 g/mol. The van der Waals surface area contributed by atoms with E-state index in [1.807, 2.05) is 6.07 Å². The van der Waals surface area contributed by atoms with Crippen molar-refractivity contribution in [1.29, 1.82) is 0 Å². The van der Waals surface area contributed by atoms with E-state index in [9.17, 15) is 0 Å². The highest BCUT2D eigenvalue weighted by Gasteiger charge is 1.97. The summed E-state index contributed by atoms with van der Waals surface area (Å²) in [5, 5.41) is 6.48. The summed E-state index contributed by atoms with van der Waals surface area (Å²) >= 11 is 0. The second kappa shape index (κ2) is 7.91. The fourth-order valence-electron chi connectivity index (χ4n) is 1.37. The summed E-state index contributed by atoms with van der Waals surface area (Å²) in [6, 6.07) is 1.91. The van der Waals surface area contributed by atoms with E-state index in [0.717, 1.165) is 25.3 Å². The number of anilines is 2. The number of nitrogens with zero attached hydrogens (tertiary/aromatic N) is 2. The topological polar surface area (TPSA) is 49.8 Å². The minimum absolute atomic E-state index is 0.711. The first kappa shape index (κ1) is 12.7. The Balaban J connectivity index is 2.35. The lowest BCUT2D eigenvalue weighted by Crippen LogP contribution is -2.08. The van der Waals surface area contributed by atoms with Gasteiger partial charge in [-0.3, -0.25) is 0 Å². The first-order valence-corrected chi connectivity index (χ1v) is 6.17. The maximum atomic E-state index is 4.37. The van der Waals surface area contributed by atoms with Crippen LogP contribution in [0.15, 0.2) is 12.3 Å². The maximum Gasteiger partial charge on any atom is 0.224 e. The minimum atomic E-state index is 0.711. The molecule has 0 radical (unpaired) electrons. The summed E-state index contributed by atoms with van der Waals surface area (Å²) in [6.07, 6.45) is 6.57. The van der Waals surface area contributed by atoms with Gasteiger partial charge in [0.2, 0.25) is 5.95 Å². The fraction of sp³-hybridized carbons (Fsp3) is 0.667. The van der Waals surface area contributed by atoms with Crippen LogP contribution in [-0.2, 0) is 0 Å². The van der Waals surface area contributed by atoms with E-state index < -0.39 is 0 Å². The molecule has 0 fully saturated rings. The summed E-state index contributed by atoms with van der Waals surface area (Å²) in [7, 11) is 0. The molecule has 0 aliphatic carbocycles. The molecule has 0 atom stereocenters. The quantitative estimate of drug-likeness (QED) is 0.664. The van der Waals surface area contributed by atoms with Crippen LogP contribution in [0.1, 0.15) is 39.5 Å². The number of hydrogen-bond donors (Lipinski definition) is 2. The van der Waals surface area contributed by atoms with Gasteiger partial charge in [0, 0.05) is 19.3 Å². The van der Waals surface area contributed by atoms with Crippen LogP contribution in [0.25, 0.3) is 0 Å². The molecule has 1 aromatic heterocycles. The van der Waals surface area contributed by atoms with Gasteiger partial charge in [0.05, 0.1) is 0 Å². The molecule has 0 spiro atoms. The molecule has 0 aliphatic heterocycles. The first-order chi connectivity index (χ1) is 7.86. The van der Waals surface area contributed by atoms with E-state index in [-0.39, 0.29) is 0 Å². The maximum absolute atomic E-state index is 4.37. The number of nitrogens with one attached hydrogen (secondary N) is 2.